The molecule has 0 radical (unpaired) electrons. The van der Waals surface area contributed by atoms with E-state index in [1.54, 1.807) is 11.3 Å². The Morgan fingerprint density at radius 1 is 0.955 bits per heavy atom. The van der Waals surface area contributed by atoms with Crippen LogP contribution in [-0.4, -0.2) is 20.3 Å². The Bertz CT molecular complexity index is 637. The van der Waals surface area contributed by atoms with Gasteiger partial charge in [0.15, 0.2) is 5.76 Å². The predicted molar refractivity (Wildman–Crippen MR) is 81.1 cm³/mol. The lowest BCUT2D eigenvalue weighted by atomic mass is 10.2. The first-order chi connectivity index (χ1) is 10.4. The maximum Gasteiger partial charge on any atom is 0.673 e. The molecule has 22 heavy (non-hydrogen) atoms. The molecule has 8 heteroatoms. The number of benzene rings is 1. The summed E-state index contributed by atoms with van der Waals surface area (Å²) in [6.45, 7) is 2.27. The standard InChI is InChI=1S/C14H16NOS.BF4/c1-3-7-12(8-4-1)13-11-17-14(16-13)15-9-5-2-6-10-15;2-1(3,4)5/h1,3-4,7-8,11H,2,5-6,9-10H2;/q+1;-1. The fourth-order valence-electron chi connectivity index (χ4n) is 2.19. The smallest absolute Gasteiger partial charge is 0.418 e. The molecular formula is C14H16BF4NOS. The van der Waals surface area contributed by atoms with Crippen LogP contribution in [0.3, 0.4) is 0 Å². The number of nitrogens with zero attached hydrogens (tertiary/aromatic N) is 1. The Labute approximate surface area is 129 Å². The van der Waals surface area contributed by atoms with E-state index in [2.05, 4.69) is 22.1 Å². The summed E-state index contributed by atoms with van der Waals surface area (Å²) in [6.07, 6.45) is 3.93. The second-order valence-electron chi connectivity index (χ2n) is 4.88. The number of hydrogen-bond donors (Lipinski definition) is 0. The van der Waals surface area contributed by atoms with Crippen LogP contribution in [-0.2, 0) is 0 Å². The summed E-state index contributed by atoms with van der Waals surface area (Å²) in [7, 11) is -6.00. The van der Waals surface area contributed by atoms with E-state index in [1.165, 1.54) is 19.3 Å². The van der Waals surface area contributed by atoms with Crippen LogP contribution < -0.4 is 9.44 Å². The van der Waals surface area contributed by atoms with Crippen LogP contribution in [0.2, 0.25) is 0 Å². The zero-order chi connectivity index (χ0) is 16.0. The van der Waals surface area contributed by atoms with Gasteiger partial charge in [0.1, 0.15) is 13.1 Å². The second-order valence-corrected chi connectivity index (χ2v) is 5.70. The van der Waals surface area contributed by atoms with Gasteiger partial charge in [-0.15, -0.1) is 0 Å². The Morgan fingerprint density at radius 2 is 1.55 bits per heavy atom. The number of rotatable bonds is 1. The first-order valence-electron chi connectivity index (χ1n) is 7.03. The van der Waals surface area contributed by atoms with Gasteiger partial charge in [-0.3, -0.25) is 0 Å². The van der Waals surface area contributed by atoms with Gasteiger partial charge in [-0.05, 0) is 17.8 Å². The normalized spacial score (nSPS) is 15.2. The molecule has 1 fully saturated rings. The van der Waals surface area contributed by atoms with Gasteiger partial charge in [0, 0.05) is 23.8 Å². The fraction of sp³-hybridized carbons (Fsp3) is 0.357. The van der Waals surface area contributed by atoms with Gasteiger partial charge in [0.05, 0.1) is 0 Å². The first-order valence-corrected chi connectivity index (χ1v) is 7.91. The molecule has 0 N–H and O–H groups in total. The third-order valence-electron chi connectivity index (χ3n) is 3.14. The van der Waals surface area contributed by atoms with E-state index in [9.17, 15) is 17.3 Å². The molecule has 0 aliphatic carbocycles. The van der Waals surface area contributed by atoms with E-state index in [0.717, 1.165) is 29.3 Å². The minimum atomic E-state index is -6.00. The van der Waals surface area contributed by atoms with Crippen LogP contribution in [0.5, 0.6) is 0 Å². The minimum Gasteiger partial charge on any atom is -0.418 e. The largest absolute Gasteiger partial charge is 0.673 e. The van der Waals surface area contributed by atoms with Gasteiger partial charge in [-0.25, -0.2) is 0 Å². The van der Waals surface area contributed by atoms with Gasteiger partial charge in [0.25, 0.3) is 0 Å². The maximum atomic E-state index is 9.75. The summed E-state index contributed by atoms with van der Waals surface area (Å²) < 4.78 is 47.3. The van der Waals surface area contributed by atoms with Crippen LogP contribution >= 0.6 is 11.3 Å². The van der Waals surface area contributed by atoms with Crippen molar-refractivity contribution in [3.8, 4) is 11.3 Å². The summed E-state index contributed by atoms with van der Waals surface area (Å²) in [5.74, 6) is 0.983. The summed E-state index contributed by atoms with van der Waals surface area (Å²) in [5.41, 5.74) is 1.16. The molecule has 2 heterocycles. The van der Waals surface area contributed by atoms with Crippen molar-refractivity contribution >= 4 is 18.6 Å². The van der Waals surface area contributed by atoms with Gasteiger partial charge in [-0.1, -0.05) is 30.3 Å². The lowest BCUT2D eigenvalue weighted by Gasteiger charge is -2.06. The molecule has 0 spiro atoms. The second kappa shape index (κ2) is 7.62. The highest BCUT2D eigenvalue weighted by Gasteiger charge is 2.20. The Hall–Kier alpha value is -1.57. The van der Waals surface area contributed by atoms with Crippen molar-refractivity contribution in [1.82, 2.24) is 4.58 Å². The molecule has 0 atom stereocenters. The molecular weight excluding hydrogens is 317 g/mol. The highest BCUT2D eigenvalue weighted by molar-refractivity contribution is 7.07. The van der Waals surface area contributed by atoms with Crippen molar-refractivity contribution < 1.29 is 21.7 Å². The maximum absolute atomic E-state index is 9.75. The average Bonchev–Trinajstić information content (AvgIpc) is 2.97. The number of piperidine rings is 1. The van der Waals surface area contributed by atoms with E-state index < -0.39 is 7.25 Å². The Balaban J connectivity index is 0.000000309. The summed E-state index contributed by atoms with van der Waals surface area (Å²) >= 11 is 1.71. The van der Waals surface area contributed by atoms with Crippen molar-refractivity contribution in [3.05, 3.63) is 40.6 Å². The first kappa shape index (κ1) is 16.8. The van der Waals surface area contributed by atoms with E-state index in [1.807, 2.05) is 18.2 Å². The van der Waals surface area contributed by atoms with Crippen molar-refractivity contribution in [2.45, 2.75) is 19.3 Å². The van der Waals surface area contributed by atoms with E-state index in [0.29, 0.717) is 0 Å². The Morgan fingerprint density at radius 3 is 2.14 bits per heavy atom. The molecule has 1 aromatic carbocycles. The molecule has 2 nitrogen and oxygen atoms in total. The molecule has 1 saturated heterocycles. The molecule has 1 aromatic heterocycles. The van der Waals surface area contributed by atoms with Gasteiger partial charge < -0.3 is 21.7 Å². The van der Waals surface area contributed by atoms with Crippen LogP contribution in [0.4, 0.5) is 17.3 Å². The highest BCUT2D eigenvalue weighted by atomic mass is 32.1. The highest BCUT2D eigenvalue weighted by Crippen LogP contribution is 2.18. The van der Waals surface area contributed by atoms with Crippen molar-refractivity contribution in [3.63, 3.8) is 0 Å². The van der Waals surface area contributed by atoms with Gasteiger partial charge in [-0.2, -0.15) is 4.58 Å². The molecule has 0 amide bonds. The van der Waals surface area contributed by atoms with Gasteiger partial charge in [0.2, 0.25) is 0 Å². The number of halogens is 4. The molecule has 1 aliphatic heterocycles. The Kier molecular flexibility index (Phi) is 5.82. The van der Waals surface area contributed by atoms with E-state index in [4.69, 9.17) is 4.42 Å². The third kappa shape index (κ3) is 5.67. The molecule has 0 unspecified atom stereocenters. The average molecular weight is 333 g/mol. The van der Waals surface area contributed by atoms with E-state index >= 15 is 0 Å². The molecule has 3 rings (SSSR count). The van der Waals surface area contributed by atoms with Crippen molar-refractivity contribution in [2.24, 2.45) is 0 Å². The third-order valence-corrected chi connectivity index (χ3v) is 4.01. The molecule has 0 saturated carbocycles. The summed E-state index contributed by atoms with van der Waals surface area (Å²) in [5, 5.41) is 2.11. The van der Waals surface area contributed by atoms with Crippen LogP contribution in [0.15, 0.2) is 40.1 Å². The molecule has 0 bridgehead atoms. The monoisotopic (exact) mass is 333 g/mol. The SMILES string of the molecule is F[B-](F)(F)F.c1ccc(-c2csc(=[N+]3CCCCC3)o2)cc1. The van der Waals surface area contributed by atoms with Crippen molar-refractivity contribution in [1.29, 1.82) is 0 Å². The lowest BCUT2D eigenvalue weighted by Crippen LogP contribution is -2.32. The molecule has 120 valence electrons. The molecule has 1 aliphatic rings. The zero-order valence-electron chi connectivity index (χ0n) is 11.9. The van der Waals surface area contributed by atoms with Crippen LogP contribution in [0.25, 0.3) is 11.3 Å². The fourth-order valence-corrected chi connectivity index (χ4v) is 3.05. The van der Waals surface area contributed by atoms with Crippen LogP contribution in [0, 0.1) is 0 Å². The summed E-state index contributed by atoms with van der Waals surface area (Å²) in [4.78, 5) is 1.06. The predicted octanol–water partition coefficient (Wildman–Crippen LogP) is 4.26. The molecule has 2 aromatic rings. The summed E-state index contributed by atoms with van der Waals surface area (Å²) in [6, 6.07) is 10.3. The van der Waals surface area contributed by atoms with Crippen molar-refractivity contribution in [2.75, 3.05) is 13.1 Å². The topological polar surface area (TPSA) is 16.1 Å². The van der Waals surface area contributed by atoms with Gasteiger partial charge >= 0.3 is 12.1 Å². The van der Waals surface area contributed by atoms with Crippen LogP contribution in [0.1, 0.15) is 19.3 Å². The van der Waals surface area contributed by atoms with E-state index in [-0.39, 0.29) is 0 Å². The lowest BCUT2D eigenvalue weighted by molar-refractivity contribution is 0.368. The number of hydrogen-bond acceptors (Lipinski definition) is 2. The minimum absolute atomic E-state index is 0.983. The quantitative estimate of drug-likeness (QED) is 0.433. The zero-order valence-corrected chi connectivity index (χ0v) is 12.7.